The van der Waals surface area contributed by atoms with Crippen LogP contribution in [0.2, 0.25) is 0 Å². The zero-order valence-electron chi connectivity index (χ0n) is 24.3. The van der Waals surface area contributed by atoms with Crippen molar-refractivity contribution in [3.63, 3.8) is 0 Å². The van der Waals surface area contributed by atoms with E-state index in [-0.39, 0.29) is 0 Å². The van der Waals surface area contributed by atoms with E-state index in [0.29, 0.717) is 35.5 Å². The summed E-state index contributed by atoms with van der Waals surface area (Å²) >= 11 is 0. The van der Waals surface area contributed by atoms with Gasteiger partial charge in [0, 0.05) is 22.4 Å². The topological polar surface area (TPSA) is 44.2 Å². The van der Waals surface area contributed by atoms with Crippen molar-refractivity contribution in [2.45, 2.75) is 27.1 Å². The van der Waals surface area contributed by atoms with Crippen molar-refractivity contribution in [3.8, 4) is 22.8 Å². The third-order valence-corrected chi connectivity index (χ3v) is 7.75. The fraction of sp³-hybridized carbons (Fsp3) is 0.105. The number of aryl methyl sites for hydroxylation is 2. The Kier molecular flexibility index (Phi) is 7.10. The predicted octanol–water partition coefficient (Wildman–Crippen LogP) is 9.66. The van der Waals surface area contributed by atoms with Crippen molar-refractivity contribution in [1.82, 2.24) is 9.97 Å². The predicted molar refractivity (Wildman–Crippen MR) is 171 cm³/mol. The molecular weight excluding hydrogens is 554 g/mol. The van der Waals surface area contributed by atoms with E-state index < -0.39 is 11.6 Å². The van der Waals surface area contributed by atoms with Gasteiger partial charge in [0.25, 0.3) is 0 Å². The summed E-state index contributed by atoms with van der Waals surface area (Å²) in [6, 6.07) is 31.7. The van der Waals surface area contributed by atoms with Gasteiger partial charge in [-0.05, 0) is 84.3 Å². The van der Waals surface area contributed by atoms with Gasteiger partial charge in [0.05, 0.1) is 22.9 Å². The fourth-order valence-corrected chi connectivity index (χ4v) is 5.44. The second-order valence-corrected chi connectivity index (χ2v) is 11.1. The highest BCUT2D eigenvalue weighted by Crippen LogP contribution is 2.36. The molecule has 0 spiro atoms. The molecule has 0 saturated heterocycles. The molecule has 0 bridgehead atoms. The van der Waals surface area contributed by atoms with Crippen LogP contribution in [-0.2, 0) is 13.2 Å². The summed E-state index contributed by atoms with van der Waals surface area (Å²) in [7, 11) is 0. The zero-order valence-corrected chi connectivity index (χ0v) is 24.3. The van der Waals surface area contributed by atoms with E-state index in [0.717, 1.165) is 50.2 Å². The second kappa shape index (κ2) is 11.4. The van der Waals surface area contributed by atoms with Gasteiger partial charge in [-0.1, -0.05) is 59.7 Å². The summed E-state index contributed by atoms with van der Waals surface area (Å²) in [5.41, 5.74) is 6.33. The molecule has 0 aliphatic rings. The largest absolute Gasteiger partial charge is 0.489 e. The smallest absolute Gasteiger partial charge is 0.126 e. The number of hydrogen-bond donors (Lipinski definition) is 0. The standard InChI is InChI=1S/C38H28F2N2O2/c1-23-3-9-30(10-4-23)43-21-25-7-13-32-33-14-8-26(22-44-31-11-5-24(2)6-12-31)16-35(33)38-37(34(32)15-25)41-20-36(42-38)27-17-28(39)19-29(40)18-27/h3-20H,21-22H2,1-2H3. The highest BCUT2D eigenvalue weighted by Gasteiger charge is 2.15. The Morgan fingerprint density at radius 1 is 0.545 bits per heavy atom. The molecule has 44 heavy (non-hydrogen) atoms. The van der Waals surface area contributed by atoms with Crippen molar-refractivity contribution in [2.24, 2.45) is 0 Å². The average molecular weight is 583 g/mol. The molecule has 0 radical (unpaired) electrons. The van der Waals surface area contributed by atoms with Crippen molar-refractivity contribution in [2.75, 3.05) is 0 Å². The van der Waals surface area contributed by atoms with Gasteiger partial charge in [-0.15, -0.1) is 0 Å². The van der Waals surface area contributed by atoms with Crippen LogP contribution < -0.4 is 9.47 Å². The highest BCUT2D eigenvalue weighted by molar-refractivity contribution is 6.23. The molecule has 0 aliphatic carbocycles. The first kappa shape index (κ1) is 27.5. The first-order valence-corrected chi connectivity index (χ1v) is 14.4. The minimum absolute atomic E-state index is 0.323. The highest BCUT2D eigenvalue weighted by atomic mass is 19.1. The van der Waals surface area contributed by atoms with E-state index in [1.165, 1.54) is 23.3 Å². The second-order valence-electron chi connectivity index (χ2n) is 11.1. The zero-order chi connectivity index (χ0) is 30.2. The maximum atomic E-state index is 14.1. The third kappa shape index (κ3) is 5.54. The Morgan fingerprint density at radius 3 is 1.57 bits per heavy atom. The number of halogens is 2. The summed E-state index contributed by atoms with van der Waals surface area (Å²) < 4.78 is 40.4. The summed E-state index contributed by atoms with van der Waals surface area (Å²) in [6.45, 7) is 4.84. The maximum Gasteiger partial charge on any atom is 0.126 e. The summed E-state index contributed by atoms with van der Waals surface area (Å²) in [4.78, 5) is 9.75. The molecule has 7 rings (SSSR count). The molecule has 216 valence electrons. The summed E-state index contributed by atoms with van der Waals surface area (Å²) in [5.74, 6) is 0.249. The normalized spacial score (nSPS) is 11.4. The number of nitrogens with zero attached hydrogens (tertiary/aromatic N) is 2. The SMILES string of the molecule is Cc1ccc(OCc2ccc3c4ccc(COc5ccc(C)cc5)cc4c4nc(-c5cc(F)cc(F)c5)cnc4c3c2)cc1. The van der Waals surface area contributed by atoms with Gasteiger partial charge in [0.1, 0.15) is 36.3 Å². The number of fused-ring (bicyclic) bond motifs is 6. The molecule has 1 aromatic heterocycles. The number of hydrogen-bond acceptors (Lipinski definition) is 4. The molecule has 7 aromatic rings. The van der Waals surface area contributed by atoms with Gasteiger partial charge >= 0.3 is 0 Å². The molecular formula is C38H28F2N2O2. The lowest BCUT2D eigenvalue weighted by molar-refractivity contribution is 0.306. The summed E-state index contributed by atoms with van der Waals surface area (Å²) in [5, 5.41) is 3.82. The first-order valence-electron chi connectivity index (χ1n) is 14.4. The van der Waals surface area contributed by atoms with Crippen LogP contribution in [0.25, 0.3) is 43.8 Å². The molecule has 1 heterocycles. The Morgan fingerprint density at radius 2 is 1.05 bits per heavy atom. The summed E-state index contributed by atoms with van der Waals surface area (Å²) in [6.07, 6.45) is 1.57. The number of aromatic nitrogens is 2. The van der Waals surface area contributed by atoms with Crippen LogP contribution in [0.1, 0.15) is 22.3 Å². The Bertz CT molecular complexity index is 2140. The lowest BCUT2D eigenvalue weighted by atomic mass is 9.96. The van der Waals surface area contributed by atoms with E-state index in [2.05, 4.69) is 36.4 Å². The molecule has 6 aromatic carbocycles. The first-order chi connectivity index (χ1) is 21.4. The van der Waals surface area contributed by atoms with Gasteiger partial charge in [-0.25, -0.2) is 13.8 Å². The van der Waals surface area contributed by atoms with Crippen LogP contribution in [0.4, 0.5) is 8.78 Å². The fourth-order valence-electron chi connectivity index (χ4n) is 5.44. The monoisotopic (exact) mass is 582 g/mol. The number of ether oxygens (including phenoxy) is 2. The molecule has 6 heteroatoms. The number of rotatable bonds is 7. The molecule has 0 atom stereocenters. The number of benzene rings is 6. The minimum Gasteiger partial charge on any atom is -0.489 e. The molecule has 4 nitrogen and oxygen atoms in total. The van der Waals surface area contributed by atoms with Crippen LogP contribution >= 0.6 is 0 Å². The van der Waals surface area contributed by atoms with Crippen LogP contribution in [0.3, 0.4) is 0 Å². The molecule has 0 N–H and O–H groups in total. The van der Waals surface area contributed by atoms with Crippen molar-refractivity contribution in [1.29, 1.82) is 0 Å². The lowest BCUT2D eigenvalue weighted by Gasteiger charge is -2.14. The van der Waals surface area contributed by atoms with Crippen molar-refractivity contribution in [3.05, 3.63) is 143 Å². The third-order valence-electron chi connectivity index (χ3n) is 7.75. The van der Waals surface area contributed by atoms with Gasteiger partial charge in [0.15, 0.2) is 0 Å². The molecule has 0 fully saturated rings. The Hall–Kier alpha value is -5.36. The van der Waals surface area contributed by atoms with Crippen LogP contribution in [-0.4, -0.2) is 9.97 Å². The molecule has 0 saturated carbocycles. The van der Waals surface area contributed by atoms with Crippen LogP contribution in [0.15, 0.2) is 109 Å². The molecule has 0 unspecified atom stereocenters. The van der Waals surface area contributed by atoms with Crippen LogP contribution in [0, 0.1) is 25.5 Å². The van der Waals surface area contributed by atoms with E-state index >= 15 is 0 Å². The molecule has 0 aliphatic heterocycles. The van der Waals surface area contributed by atoms with E-state index in [1.807, 2.05) is 62.4 Å². The minimum atomic E-state index is -0.668. The van der Waals surface area contributed by atoms with Crippen LogP contribution in [0.5, 0.6) is 11.5 Å². The van der Waals surface area contributed by atoms with Gasteiger partial charge in [-0.3, -0.25) is 4.98 Å². The van der Waals surface area contributed by atoms with Gasteiger partial charge in [0.2, 0.25) is 0 Å². The van der Waals surface area contributed by atoms with Gasteiger partial charge in [-0.2, -0.15) is 0 Å². The van der Waals surface area contributed by atoms with E-state index in [9.17, 15) is 8.78 Å². The average Bonchev–Trinajstić information content (AvgIpc) is 3.03. The maximum absolute atomic E-state index is 14.1. The van der Waals surface area contributed by atoms with Gasteiger partial charge < -0.3 is 9.47 Å². The van der Waals surface area contributed by atoms with E-state index in [1.54, 1.807) is 6.20 Å². The van der Waals surface area contributed by atoms with Crippen molar-refractivity contribution < 1.29 is 18.3 Å². The Labute approximate surface area is 253 Å². The molecule has 0 amide bonds. The van der Waals surface area contributed by atoms with Crippen molar-refractivity contribution >= 4 is 32.6 Å². The lowest BCUT2D eigenvalue weighted by Crippen LogP contribution is -1.98. The Balaban J connectivity index is 1.35. The van der Waals surface area contributed by atoms with E-state index in [4.69, 9.17) is 19.4 Å². The quantitative estimate of drug-likeness (QED) is 0.176.